The van der Waals surface area contributed by atoms with Gasteiger partial charge in [-0.15, -0.1) is 11.3 Å². The van der Waals surface area contributed by atoms with Crippen molar-refractivity contribution in [1.29, 1.82) is 0 Å². The number of hydrogen-bond acceptors (Lipinski definition) is 4. The number of benzene rings is 2. The quantitative estimate of drug-likeness (QED) is 0.493. The first-order valence-electron chi connectivity index (χ1n) is 8.61. The van der Waals surface area contributed by atoms with Gasteiger partial charge < -0.3 is 10.4 Å². The Balaban J connectivity index is 1.67. The molecule has 0 aliphatic rings. The van der Waals surface area contributed by atoms with E-state index in [9.17, 15) is 18.0 Å². The lowest BCUT2D eigenvalue weighted by Gasteiger charge is -2.06. The van der Waals surface area contributed by atoms with E-state index < -0.39 is 17.7 Å². The summed E-state index contributed by atoms with van der Waals surface area (Å²) < 4.78 is 38.1. The van der Waals surface area contributed by atoms with Crippen LogP contribution in [0.1, 0.15) is 21.7 Å². The van der Waals surface area contributed by atoms with Crippen LogP contribution in [0.3, 0.4) is 0 Å². The molecule has 29 heavy (non-hydrogen) atoms. The second-order valence-electron chi connectivity index (χ2n) is 6.25. The monoisotopic (exact) mass is 418 g/mol. The van der Waals surface area contributed by atoms with E-state index in [2.05, 4.69) is 10.3 Å². The van der Waals surface area contributed by atoms with Crippen molar-refractivity contribution >= 4 is 29.1 Å². The highest BCUT2D eigenvalue weighted by molar-refractivity contribution is 7.15. The molecule has 0 amide bonds. The molecule has 0 saturated heterocycles. The topological polar surface area (TPSA) is 62.2 Å². The Bertz CT molecular complexity index is 1020. The van der Waals surface area contributed by atoms with Crippen LogP contribution in [-0.4, -0.2) is 16.1 Å². The molecule has 0 bridgehead atoms. The van der Waals surface area contributed by atoms with E-state index in [-0.39, 0.29) is 0 Å². The number of carbonyl (C=O) groups is 1. The van der Waals surface area contributed by atoms with Gasteiger partial charge in [-0.25, -0.2) is 9.78 Å². The van der Waals surface area contributed by atoms with Crippen LogP contribution in [0.25, 0.3) is 16.6 Å². The van der Waals surface area contributed by atoms with Gasteiger partial charge in [-0.3, -0.25) is 0 Å². The third-order valence-electron chi connectivity index (χ3n) is 4.13. The molecule has 0 saturated carbocycles. The number of halogens is 3. The van der Waals surface area contributed by atoms with Gasteiger partial charge in [-0.2, -0.15) is 13.2 Å². The molecule has 3 aromatic rings. The molecule has 0 radical (unpaired) electrons. The van der Waals surface area contributed by atoms with Crippen molar-refractivity contribution in [3.05, 3.63) is 76.3 Å². The Labute approximate surface area is 169 Å². The average molecular weight is 418 g/mol. The SMILES string of the molecule is Cc1nc(-c2ccc(C(F)(F)F)cc2)sc1CNc1ccc(/C=C/C(=O)O)cc1. The minimum atomic E-state index is -4.36. The fourth-order valence-electron chi connectivity index (χ4n) is 2.58. The molecule has 0 aliphatic heterocycles. The number of rotatable bonds is 6. The minimum Gasteiger partial charge on any atom is -0.478 e. The third-order valence-corrected chi connectivity index (χ3v) is 5.34. The minimum absolute atomic E-state index is 0.522. The zero-order chi connectivity index (χ0) is 21.0. The lowest BCUT2D eigenvalue weighted by Crippen LogP contribution is -2.03. The molecule has 3 rings (SSSR count). The van der Waals surface area contributed by atoms with Crippen molar-refractivity contribution in [1.82, 2.24) is 4.98 Å². The molecule has 0 unspecified atom stereocenters. The maximum absolute atomic E-state index is 12.7. The number of thiazole rings is 1. The van der Waals surface area contributed by atoms with Gasteiger partial charge >= 0.3 is 12.1 Å². The number of aromatic nitrogens is 1. The van der Waals surface area contributed by atoms with Crippen LogP contribution in [0.2, 0.25) is 0 Å². The summed E-state index contributed by atoms with van der Waals surface area (Å²) in [5, 5.41) is 12.6. The summed E-state index contributed by atoms with van der Waals surface area (Å²) in [6, 6.07) is 12.3. The van der Waals surface area contributed by atoms with Crippen molar-refractivity contribution < 1.29 is 23.1 Å². The van der Waals surface area contributed by atoms with Gasteiger partial charge in [-0.1, -0.05) is 24.3 Å². The Morgan fingerprint density at radius 3 is 2.38 bits per heavy atom. The lowest BCUT2D eigenvalue weighted by molar-refractivity contribution is -0.137. The lowest BCUT2D eigenvalue weighted by atomic mass is 10.1. The highest BCUT2D eigenvalue weighted by Crippen LogP contribution is 2.33. The zero-order valence-electron chi connectivity index (χ0n) is 15.3. The van der Waals surface area contributed by atoms with Gasteiger partial charge in [0.25, 0.3) is 0 Å². The highest BCUT2D eigenvalue weighted by Gasteiger charge is 2.30. The van der Waals surface area contributed by atoms with Crippen LogP contribution in [0.15, 0.2) is 54.6 Å². The van der Waals surface area contributed by atoms with Crippen molar-refractivity contribution in [3.8, 4) is 10.6 Å². The molecule has 1 heterocycles. The van der Waals surface area contributed by atoms with E-state index in [4.69, 9.17) is 5.11 Å². The number of aryl methyl sites for hydroxylation is 1. The highest BCUT2D eigenvalue weighted by atomic mass is 32.1. The number of carboxylic acid groups (broad SMARTS) is 1. The molecule has 1 aromatic heterocycles. The third kappa shape index (κ3) is 5.45. The predicted molar refractivity (Wildman–Crippen MR) is 108 cm³/mol. The van der Waals surface area contributed by atoms with E-state index in [1.165, 1.54) is 29.5 Å². The first-order valence-corrected chi connectivity index (χ1v) is 9.43. The molecule has 0 atom stereocenters. The Hall–Kier alpha value is -3.13. The van der Waals surface area contributed by atoms with E-state index in [0.29, 0.717) is 17.1 Å². The van der Waals surface area contributed by atoms with E-state index in [1.807, 2.05) is 19.1 Å². The molecular formula is C21H17F3N2O2S. The second kappa shape index (κ2) is 8.48. The largest absolute Gasteiger partial charge is 0.478 e. The molecule has 4 nitrogen and oxygen atoms in total. The number of nitrogens with one attached hydrogen (secondary N) is 1. The predicted octanol–water partition coefficient (Wildman–Crippen LogP) is 5.85. The first kappa shape index (κ1) is 20.6. The summed E-state index contributed by atoms with van der Waals surface area (Å²) in [6.07, 6.45) is -1.77. The smallest absolute Gasteiger partial charge is 0.416 e. The standard InChI is InChI=1S/C21H17F3N2O2S/c1-13-18(12-25-17-9-2-14(3-10-17)4-11-19(27)28)29-20(26-13)15-5-7-16(8-6-15)21(22,23)24/h2-11,25H,12H2,1H3,(H,27,28)/b11-4+. The Kier molecular flexibility index (Phi) is 6.03. The summed E-state index contributed by atoms with van der Waals surface area (Å²) in [5.74, 6) is -1.00. The van der Waals surface area contributed by atoms with Crippen molar-refractivity contribution in [2.75, 3.05) is 5.32 Å². The Morgan fingerprint density at radius 2 is 1.79 bits per heavy atom. The molecule has 8 heteroatoms. The number of nitrogens with zero attached hydrogens (tertiary/aromatic N) is 1. The summed E-state index contributed by atoms with van der Waals surface area (Å²) >= 11 is 1.43. The van der Waals surface area contributed by atoms with Gasteiger partial charge in [0.1, 0.15) is 5.01 Å². The van der Waals surface area contributed by atoms with Gasteiger partial charge in [0.15, 0.2) is 0 Å². The summed E-state index contributed by atoms with van der Waals surface area (Å²) in [4.78, 5) is 16.0. The second-order valence-corrected chi connectivity index (χ2v) is 7.33. The maximum Gasteiger partial charge on any atom is 0.416 e. The van der Waals surface area contributed by atoms with Crippen molar-refractivity contribution in [3.63, 3.8) is 0 Å². The van der Waals surface area contributed by atoms with Gasteiger partial charge in [0.05, 0.1) is 17.8 Å². The first-order chi connectivity index (χ1) is 13.7. The number of alkyl halides is 3. The molecular weight excluding hydrogens is 401 g/mol. The van der Waals surface area contributed by atoms with Crippen LogP contribution in [0.5, 0.6) is 0 Å². The van der Waals surface area contributed by atoms with Crippen LogP contribution in [-0.2, 0) is 17.5 Å². The van der Waals surface area contributed by atoms with Gasteiger partial charge in [-0.05, 0) is 42.8 Å². The molecule has 2 aromatic carbocycles. The van der Waals surface area contributed by atoms with Gasteiger partial charge in [0.2, 0.25) is 0 Å². The fraction of sp³-hybridized carbons (Fsp3) is 0.143. The van der Waals surface area contributed by atoms with E-state index in [0.717, 1.165) is 40.0 Å². The molecule has 0 fully saturated rings. The maximum atomic E-state index is 12.7. The zero-order valence-corrected chi connectivity index (χ0v) is 16.1. The molecule has 0 aliphatic carbocycles. The van der Waals surface area contributed by atoms with Crippen LogP contribution >= 0.6 is 11.3 Å². The number of aliphatic carboxylic acids is 1. The molecule has 0 spiro atoms. The van der Waals surface area contributed by atoms with Gasteiger partial charge in [0, 0.05) is 22.2 Å². The summed E-state index contributed by atoms with van der Waals surface area (Å²) in [7, 11) is 0. The normalized spacial score (nSPS) is 11.7. The van der Waals surface area contributed by atoms with Crippen molar-refractivity contribution in [2.24, 2.45) is 0 Å². The van der Waals surface area contributed by atoms with E-state index >= 15 is 0 Å². The molecule has 150 valence electrons. The average Bonchev–Trinajstić information content (AvgIpc) is 3.05. The van der Waals surface area contributed by atoms with E-state index in [1.54, 1.807) is 12.1 Å². The Morgan fingerprint density at radius 1 is 1.14 bits per heavy atom. The number of carboxylic acids is 1. The van der Waals surface area contributed by atoms with Crippen LogP contribution in [0, 0.1) is 6.92 Å². The van der Waals surface area contributed by atoms with Crippen LogP contribution < -0.4 is 5.32 Å². The molecule has 2 N–H and O–H groups in total. The number of anilines is 1. The fourth-order valence-corrected chi connectivity index (χ4v) is 3.59. The summed E-state index contributed by atoms with van der Waals surface area (Å²) in [6.45, 7) is 2.38. The summed E-state index contributed by atoms with van der Waals surface area (Å²) in [5.41, 5.74) is 2.42. The van der Waals surface area contributed by atoms with Crippen molar-refractivity contribution in [2.45, 2.75) is 19.6 Å². The number of hydrogen-bond donors (Lipinski definition) is 2. The van der Waals surface area contributed by atoms with Crippen LogP contribution in [0.4, 0.5) is 18.9 Å².